The Morgan fingerprint density at radius 1 is 1.44 bits per heavy atom. The minimum absolute atomic E-state index is 0.163. The lowest BCUT2D eigenvalue weighted by Crippen LogP contribution is -2.42. The highest BCUT2D eigenvalue weighted by Gasteiger charge is 2.28. The molecule has 0 radical (unpaired) electrons. The first-order chi connectivity index (χ1) is 15.5. The zero-order valence-electron chi connectivity index (χ0n) is 17.6. The SMILES string of the molecule is N#Cc1c(NC(=O)C=Cc2ccoc2)sc2c1CCC(COC(=O)N1CCCC(O)C1)C2. The molecule has 0 aromatic carbocycles. The van der Waals surface area contributed by atoms with E-state index in [1.165, 1.54) is 29.9 Å². The maximum absolute atomic E-state index is 12.3. The van der Waals surface area contributed by atoms with Crippen LogP contribution in [0, 0.1) is 17.2 Å². The third-order valence-electron chi connectivity index (χ3n) is 5.78. The molecule has 2 unspecified atom stereocenters. The topological polar surface area (TPSA) is 116 Å². The molecule has 2 aromatic rings. The van der Waals surface area contributed by atoms with E-state index in [1.807, 2.05) is 0 Å². The largest absolute Gasteiger partial charge is 0.472 e. The van der Waals surface area contributed by atoms with Gasteiger partial charge in [0.05, 0.1) is 30.8 Å². The first-order valence-electron chi connectivity index (χ1n) is 10.7. The van der Waals surface area contributed by atoms with Crippen LogP contribution >= 0.6 is 11.3 Å². The van der Waals surface area contributed by atoms with Gasteiger partial charge in [0.15, 0.2) is 0 Å². The van der Waals surface area contributed by atoms with Crippen LogP contribution in [0.25, 0.3) is 6.08 Å². The van der Waals surface area contributed by atoms with E-state index >= 15 is 0 Å². The van der Waals surface area contributed by atoms with Crippen molar-refractivity contribution in [1.29, 1.82) is 5.26 Å². The Hall–Kier alpha value is -3.09. The van der Waals surface area contributed by atoms with Gasteiger partial charge in [-0.2, -0.15) is 5.26 Å². The molecular formula is C23H25N3O5S. The number of carbonyl (C=O) groups is 2. The number of nitrogens with zero attached hydrogens (tertiary/aromatic N) is 2. The lowest BCUT2D eigenvalue weighted by atomic mass is 9.88. The number of aliphatic hydroxyl groups is 1. The van der Waals surface area contributed by atoms with E-state index in [-0.39, 0.29) is 17.9 Å². The minimum Gasteiger partial charge on any atom is -0.472 e. The molecule has 0 saturated carbocycles. The van der Waals surface area contributed by atoms with Gasteiger partial charge in [-0.1, -0.05) is 0 Å². The second-order valence-electron chi connectivity index (χ2n) is 8.13. The molecule has 3 heterocycles. The van der Waals surface area contributed by atoms with Crippen LogP contribution in [0.15, 0.2) is 29.1 Å². The van der Waals surface area contributed by atoms with Crippen molar-refractivity contribution in [1.82, 2.24) is 4.90 Å². The third kappa shape index (κ3) is 5.21. The lowest BCUT2D eigenvalue weighted by Gasteiger charge is -2.30. The second-order valence-corrected chi connectivity index (χ2v) is 9.23. The first-order valence-corrected chi connectivity index (χ1v) is 11.5. The Labute approximate surface area is 190 Å². The zero-order chi connectivity index (χ0) is 22.5. The standard InChI is InChI=1S/C23H25N3O5S/c24-11-19-18-5-3-16(14-31-23(29)26-8-1-2-17(27)12-26)10-20(18)32-22(19)25-21(28)6-4-15-7-9-30-13-15/h4,6-7,9,13,16-17,27H,1-3,5,8,10,12,14H2,(H,25,28). The predicted octanol–water partition coefficient (Wildman–Crippen LogP) is 3.56. The molecule has 8 nitrogen and oxygen atoms in total. The number of hydrogen-bond donors (Lipinski definition) is 2. The number of aliphatic hydroxyl groups excluding tert-OH is 1. The van der Waals surface area contributed by atoms with Crippen molar-refractivity contribution in [2.75, 3.05) is 25.0 Å². The van der Waals surface area contributed by atoms with Crippen molar-refractivity contribution in [2.24, 2.45) is 5.92 Å². The number of rotatable bonds is 5. The number of thiophene rings is 1. The van der Waals surface area contributed by atoms with E-state index in [0.29, 0.717) is 49.5 Å². The third-order valence-corrected chi connectivity index (χ3v) is 6.95. The molecule has 2 N–H and O–H groups in total. The van der Waals surface area contributed by atoms with Gasteiger partial charge in [-0.15, -0.1) is 11.3 Å². The fourth-order valence-corrected chi connectivity index (χ4v) is 5.41. The predicted molar refractivity (Wildman–Crippen MR) is 119 cm³/mol. The fourth-order valence-electron chi connectivity index (χ4n) is 4.10. The van der Waals surface area contributed by atoms with Crippen LogP contribution in [0.4, 0.5) is 9.80 Å². The molecule has 1 aliphatic heterocycles. The average molecular weight is 456 g/mol. The Kier molecular flexibility index (Phi) is 6.93. The number of furan rings is 1. The number of hydrogen-bond acceptors (Lipinski definition) is 7. The van der Waals surface area contributed by atoms with Gasteiger partial charge >= 0.3 is 6.09 Å². The quantitative estimate of drug-likeness (QED) is 0.666. The summed E-state index contributed by atoms with van der Waals surface area (Å²) in [6, 6.07) is 3.98. The summed E-state index contributed by atoms with van der Waals surface area (Å²) in [6.07, 6.45) is 8.97. The number of piperidine rings is 1. The van der Waals surface area contributed by atoms with Crippen LogP contribution in [0.3, 0.4) is 0 Å². The molecule has 1 saturated heterocycles. The highest BCUT2D eigenvalue weighted by Crippen LogP contribution is 2.39. The van der Waals surface area contributed by atoms with Crippen molar-refractivity contribution in [3.05, 3.63) is 46.2 Å². The van der Waals surface area contributed by atoms with E-state index in [0.717, 1.165) is 28.8 Å². The van der Waals surface area contributed by atoms with E-state index in [2.05, 4.69) is 11.4 Å². The number of β-amino-alcohol motifs (C(OH)–C–C–N with tert-alkyl or cyclic N) is 1. The molecule has 2 aliphatic rings. The highest BCUT2D eigenvalue weighted by atomic mass is 32.1. The summed E-state index contributed by atoms with van der Waals surface area (Å²) < 4.78 is 10.5. The summed E-state index contributed by atoms with van der Waals surface area (Å²) in [6.45, 7) is 1.24. The number of anilines is 1. The summed E-state index contributed by atoms with van der Waals surface area (Å²) in [5, 5.41) is 22.8. The van der Waals surface area contributed by atoms with Gasteiger partial charge in [0.25, 0.3) is 0 Å². The number of carbonyl (C=O) groups excluding carboxylic acids is 2. The maximum atomic E-state index is 12.3. The molecule has 9 heteroatoms. The molecule has 2 amide bonds. The molecule has 2 aromatic heterocycles. The average Bonchev–Trinajstić information content (AvgIpc) is 3.43. The maximum Gasteiger partial charge on any atom is 0.409 e. The van der Waals surface area contributed by atoms with Crippen LogP contribution in [0.2, 0.25) is 0 Å². The van der Waals surface area contributed by atoms with Crippen LogP contribution < -0.4 is 5.32 Å². The molecule has 168 valence electrons. The van der Waals surface area contributed by atoms with Crippen molar-refractivity contribution in [3.63, 3.8) is 0 Å². The smallest absolute Gasteiger partial charge is 0.409 e. The van der Waals surface area contributed by atoms with E-state index in [9.17, 15) is 20.0 Å². The lowest BCUT2D eigenvalue weighted by molar-refractivity contribution is -0.111. The van der Waals surface area contributed by atoms with Crippen LogP contribution in [-0.4, -0.2) is 47.8 Å². The van der Waals surface area contributed by atoms with Crippen molar-refractivity contribution in [3.8, 4) is 6.07 Å². The number of ether oxygens (including phenoxy) is 1. The van der Waals surface area contributed by atoms with Gasteiger partial charge in [-0.05, 0) is 55.7 Å². The summed E-state index contributed by atoms with van der Waals surface area (Å²) in [4.78, 5) is 27.2. The number of likely N-dealkylation sites (tertiary alicyclic amines) is 1. The fraction of sp³-hybridized carbons (Fsp3) is 0.435. The van der Waals surface area contributed by atoms with Crippen molar-refractivity contribution >= 4 is 34.4 Å². The molecule has 1 fully saturated rings. The number of amides is 2. The molecular weight excluding hydrogens is 430 g/mol. The minimum atomic E-state index is -0.479. The summed E-state index contributed by atoms with van der Waals surface area (Å²) >= 11 is 1.41. The normalized spacial score (nSPS) is 20.6. The molecule has 4 rings (SSSR count). The molecule has 2 atom stereocenters. The monoisotopic (exact) mass is 455 g/mol. The summed E-state index contributed by atoms with van der Waals surface area (Å²) in [7, 11) is 0. The molecule has 0 bridgehead atoms. The number of fused-ring (bicyclic) bond motifs is 1. The zero-order valence-corrected chi connectivity index (χ0v) is 18.4. The van der Waals surface area contributed by atoms with Crippen molar-refractivity contribution < 1.29 is 23.8 Å². The van der Waals surface area contributed by atoms with Gasteiger partial charge in [0.1, 0.15) is 11.1 Å². The Morgan fingerprint density at radius 2 is 2.31 bits per heavy atom. The molecule has 32 heavy (non-hydrogen) atoms. The first kappa shape index (κ1) is 22.1. The van der Waals surface area contributed by atoms with E-state index < -0.39 is 6.10 Å². The summed E-state index contributed by atoms with van der Waals surface area (Å²) in [5.41, 5.74) is 2.28. The number of nitrogens with one attached hydrogen (secondary N) is 1. The van der Waals surface area contributed by atoms with Gasteiger partial charge in [0.2, 0.25) is 5.91 Å². The molecule has 1 aliphatic carbocycles. The Balaban J connectivity index is 1.35. The van der Waals surface area contributed by atoms with Gasteiger partial charge < -0.3 is 24.5 Å². The van der Waals surface area contributed by atoms with Crippen molar-refractivity contribution in [2.45, 2.75) is 38.2 Å². The Bertz CT molecular complexity index is 1040. The summed E-state index contributed by atoms with van der Waals surface area (Å²) in [5.74, 6) is -0.147. The van der Waals surface area contributed by atoms with E-state index in [4.69, 9.17) is 9.15 Å². The number of nitriles is 1. The van der Waals surface area contributed by atoms with Crippen LogP contribution in [0.5, 0.6) is 0 Å². The second kappa shape index (κ2) is 10.0. The van der Waals surface area contributed by atoms with Crippen LogP contribution in [-0.2, 0) is 22.4 Å². The van der Waals surface area contributed by atoms with Gasteiger partial charge in [0, 0.05) is 29.6 Å². The van der Waals surface area contributed by atoms with Gasteiger partial charge in [-0.25, -0.2) is 4.79 Å². The van der Waals surface area contributed by atoms with Crippen LogP contribution in [0.1, 0.15) is 40.8 Å². The van der Waals surface area contributed by atoms with Gasteiger partial charge in [-0.3, -0.25) is 4.79 Å². The van der Waals surface area contributed by atoms with E-state index in [1.54, 1.807) is 17.0 Å². The molecule has 0 spiro atoms. The highest BCUT2D eigenvalue weighted by molar-refractivity contribution is 7.16. The Morgan fingerprint density at radius 3 is 3.06 bits per heavy atom.